The minimum Gasteiger partial charge on any atom is -0.384 e. The highest BCUT2D eigenvalue weighted by molar-refractivity contribution is 5.97. The molecule has 8 heteroatoms. The summed E-state index contributed by atoms with van der Waals surface area (Å²) in [5.41, 5.74) is 7.22. The summed E-state index contributed by atoms with van der Waals surface area (Å²) < 4.78 is 1.61. The predicted molar refractivity (Wildman–Crippen MR) is 98.2 cm³/mol. The lowest BCUT2D eigenvalue weighted by Crippen LogP contribution is -2.47. The van der Waals surface area contributed by atoms with Gasteiger partial charge in [0.25, 0.3) is 11.5 Å². The number of hydrogen-bond donors (Lipinski definition) is 3. The monoisotopic (exact) mass is 352 g/mol. The number of aryl methyl sites for hydroxylation is 1. The van der Waals surface area contributed by atoms with Gasteiger partial charge in [0.2, 0.25) is 0 Å². The lowest BCUT2D eigenvalue weighted by atomic mass is 9.99. The summed E-state index contributed by atoms with van der Waals surface area (Å²) in [6.07, 6.45) is 5.72. The van der Waals surface area contributed by atoms with Gasteiger partial charge in [0.05, 0.1) is 0 Å². The molecular formula is C18H20N6O2. The van der Waals surface area contributed by atoms with Crippen LogP contribution in [0.4, 0.5) is 17.3 Å². The largest absolute Gasteiger partial charge is 0.384 e. The molecule has 1 aliphatic heterocycles. The first-order valence-corrected chi connectivity index (χ1v) is 8.60. The summed E-state index contributed by atoms with van der Waals surface area (Å²) in [4.78, 5) is 33.8. The van der Waals surface area contributed by atoms with Crippen molar-refractivity contribution in [1.29, 1.82) is 0 Å². The number of aromatic nitrogens is 3. The first-order valence-electron chi connectivity index (χ1n) is 8.60. The number of rotatable bonds is 3. The number of amides is 1. The summed E-state index contributed by atoms with van der Waals surface area (Å²) in [6, 6.07) is 3.23. The number of carbonyl (C=O) groups excluding carboxylic acids is 1. The molecule has 4 rings (SSSR count). The highest BCUT2D eigenvalue weighted by atomic mass is 16.2. The number of anilines is 3. The van der Waals surface area contributed by atoms with Gasteiger partial charge in [-0.1, -0.05) is 13.0 Å². The van der Waals surface area contributed by atoms with Crippen molar-refractivity contribution in [2.45, 2.75) is 38.8 Å². The van der Waals surface area contributed by atoms with E-state index in [0.717, 1.165) is 24.0 Å². The van der Waals surface area contributed by atoms with E-state index in [1.165, 1.54) is 6.33 Å². The fourth-order valence-electron chi connectivity index (χ4n) is 3.98. The fourth-order valence-corrected chi connectivity index (χ4v) is 3.98. The van der Waals surface area contributed by atoms with E-state index < -0.39 is 5.66 Å². The minimum absolute atomic E-state index is 0.210. The van der Waals surface area contributed by atoms with Gasteiger partial charge < -0.3 is 16.4 Å². The first-order chi connectivity index (χ1) is 12.5. The van der Waals surface area contributed by atoms with Crippen molar-refractivity contribution in [2.75, 3.05) is 11.1 Å². The van der Waals surface area contributed by atoms with Crippen LogP contribution in [-0.4, -0.2) is 20.4 Å². The van der Waals surface area contributed by atoms with Gasteiger partial charge in [0.1, 0.15) is 35.0 Å². The molecule has 3 heterocycles. The quantitative estimate of drug-likeness (QED) is 0.726. The SMILES string of the molecule is CCC1=CCCC12NC(=O)c1c(C)cc(Nc3cc(N)ncn3)c(=O)n12. The number of nitrogens with zero attached hydrogens (tertiary/aromatic N) is 3. The van der Waals surface area contributed by atoms with Gasteiger partial charge in [0.15, 0.2) is 0 Å². The first kappa shape index (κ1) is 16.3. The van der Waals surface area contributed by atoms with Crippen LogP contribution in [0.3, 0.4) is 0 Å². The number of fused-ring (bicyclic) bond motifs is 2. The van der Waals surface area contributed by atoms with Crippen molar-refractivity contribution in [2.24, 2.45) is 0 Å². The third-order valence-corrected chi connectivity index (χ3v) is 5.07. The maximum atomic E-state index is 13.3. The molecule has 0 saturated heterocycles. The lowest BCUT2D eigenvalue weighted by Gasteiger charge is -2.30. The Morgan fingerprint density at radius 2 is 2.15 bits per heavy atom. The Morgan fingerprint density at radius 1 is 1.35 bits per heavy atom. The molecule has 4 N–H and O–H groups in total. The van der Waals surface area contributed by atoms with E-state index in [-0.39, 0.29) is 11.5 Å². The zero-order valence-corrected chi connectivity index (χ0v) is 14.7. The molecule has 0 bridgehead atoms. The van der Waals surface area contributed by atoms with Gasteiger partial charge in [-0.25, -0.2) is 9.97 Å². The average molecular weight is 352 g/mol. The molecule has 8 nitrogen and oxygen atoms in total. The Labute approximate surface area is 150 Å². The number of hydrogen-bond acceptors (Lipinski definition) is 6. The Balaban J connectivity index is 1.89. The van der Waals surface area contributed by atoms with Crippen LogP contribution < -0.4 is 21.9 Å². The number of pyridine rings is 1. The highest BCUT2D eigenvalue weighted by Crippen LogP contribution is 2.41. The van der Waals surface area contributed by atoms with Crippen molar-refractivity contribution < 1.29 is 4.79 Å². The molecule has 0 aromatic carbocycles. The van der Waals surface area contributed by atoms with E-state index in [0.29, 0.717) is 29.4 Å². The fraction of sp³-hybridized carbons (Fsp3) is 0.333. The van der Waals surface area contributed by atoms with Gasteiger partial charge in [-0.05, 0) is 43.4 Å². The van der Waals surface area contributed by atoms with E-state index in [1.807, 2.05) is 13.8 Å². The van der Waals surface area contributed by atoms with Crippen LogP contribution in [-0.2, 0) is 5.66 Å². The Morgan fingerprint density at radius 3 is 2.88 bits per heavy atom. The van der Waals surface area contributed by atoms with Crippen molar-refractivity contribution in [1.82, 2.24) is 19.9 Å². The second-order valence-corrected chi connectivity index (χ2v) is 6.62. The van der Waals surface area contributed by atoms with Gasteiger partial charge in [-0.3, -0.25) is 14.2 Å². The normalized spacial score (nSPS) is 20.8. The van der Waals surface area contributed by atoms with Crippen LogP contribution in [0.2, 0.25) is 0 Å². The topological polar surface area (TPSA) is 115 Å². The van der Waals surface area contributed by atoms with Gasteiger partial charge in [-0.15, -0.1) is 0 Å². The maximum absolute atomic E-state index is 13.3. The van der Waals surface area contributed by atoms with Gasteiger partial charge >= 0.3 is 0 Å². The second-order valence-electron chi connectivity index (χ2n) is 6.62. The van der Waals surface area contributed by atoms with Crippen LogP contribution in [0.5, 0.6) is 0 Å². The molecule has 0 saturated carbocycles. The van der Waals surface area contributed by atoms with Crippen LogP contribution in [0.25, 0.3) is 0 Å². The molecule has 2 aromatic rings. The molecule has 134 valence electrons. The average Bonchev–Trinajstić information content (AvgIpc) is 3.13. The second kappa shape index (κ2) is 5.69. The summed E-state index contributed by atoms with van der Waals surface area (Å²) >= 11 is 0. The number of nitrogens with one attached hydrogen (secondary N) is 2. The van der Waals surface area contributed by atoms with Crippen LogP contribution in [0, 0.1) is 6.92 Å². The van der Waals surface area contributed by atoms with Crippen LogP contribution in [0.15, 0.2) is 34.9 Å². The van der Waals surface area contributed by atoms with Crippen molar-refractivity contribution in [3.63, 3.8) is 0 Å². The maximum Gasteiger partial charge on any atom is 0.277 e. The molecular weight excluding hydrogens is 332 g/mol. The standard InChI is InChI=1S/C18H20N6O2/c1-3-11-5-4-6-18(11)23-16(25)15-10(2)7-12(17(26)24(15)18)22-14-8-13(19)20-9-21-14/h5,7-9H,3-4,6H2,1-2H3,(H,23,25)(H3,19,20,21,22). The van der Waals surface area contributed by atoms with E-state index in [2.05, 4.69) is 26.7 Å². The number of nitrogen functional groups attached to an aromatic ring is 1. The van der Waals surface area contributed by atoms with Crippen LogP contribution >= 0.6 is 0 Å². The Hall–Kier alpha value is -3.16. The van der Waals surface area contributed by atoms with Crippen molar-refractivity contribution in [3.05, 3.63) is 51.7 Å². The number of nitrogens with two attached hydrogens (primary N) is 1. The van der Waals surface area contributed by atoms with Crippen LogP contribution in [0.1, 0.15) is 42.2 Å². The number of allylic oxidation sites excluding steroid dienone is 1. The molecule has 1 amide bonds. The molecule has 0 radical (unpaired) electrons. The summed E-state index contributed by atoms with van der Waals surface area (Å²) in [7, 11) is 0. The molecule has 0 fully saturated rings. The molecule has 1 atom stereocenters. The van der Waals surface area contributed by atoms with Crippen molar-refractivity contribution >= 4 is 23.2 Å². The third-order valence-electron chi connectivity index (χ3n) is 5.07. The van der Waals surface area contributed by atoms with E-state index >= 15 is 0 Å². The summed E-state index contributed by atoms with van der Waals surface area (Å²) in [5, 5.41) is 6.07. The van der Waals surface area contributed by atoms with Crippen molar-refractivity contribution in [3.8, 4) is 0 Å². The highest BCUT2D eigenvalue weighted by Gasteiger charge is 2.48. The van der Waals surface area contributed by atoms with Gasteiger partial charge in [0, 0.05) is 6.07 Å². The third kappa shape index (κ3) is 2.22. The van der Waals surface area contributed by atoms with E-state index in [9.17, 15) is 9.59 Å². The zero-order chi connectivity index (χ0) is 18.5. The predicted octanol–water partition coefficient (Wildman–Crippen LogP) is 1.80. The van der Waals surface area contributed by atoms with E-state index in [1.54, 1.807) is 16.7 Å². The smallest absolute Gasteiger partial charge is 0.277 e. The summed E-state index contributed by atoms with van der Waals surface area (Å²) in [6.45, 7) is 3.86. The number of carbonyl (C=O) groups is 1. The zero-order valence-electron chi connectivity index (χ0n) is 14.7. The molecule has 1 spiro atoms. The Bertz CT molecular complexity index is 1010. The lowest BCUT2D eigenvalue weighted by molar-refractivity contribution is 0.0932. The Kier molecular flexibility index (Phi) is 3.57. The molecule has 1 unspecified atom stereocenters. The van der Waals surface area contributed by atoms with E-state index in [4.69, 9.17) is 5.73 Å². The minimum atomic E-state index is -0.759. The molecule has 2 aromatic heterocycles. The molecule has 1 aliphatic carbocycles. The van der Waals surface area contributed by atoms with Gasteiger partial charge in [-0.2, -0.15) is 0 Å². The summed E-state index contributed by atoms with van der Waals surface area (Å²) in [5.74, 6) is 0.526. The molecule has 2 aliphatic rings. The molecule has 26 heavy (non-hydrogen) atoms.